The molecule has 96 valence electrons. The maximum Gasteiger partial charge on any atom is 0.118 e. The largest absolute Gasteiger partial charge is 0.508 e. The van der Waals surface area contributed by atoms with Gasteiger partial charge < -0.3 is 5.11 Å². The van der Waals surface area contributed by atoms with Gasteiger partial charge in [-0.3, -0.25) is 0 Å². The standard InChI is InChI=1S/C17H22O/c1-11-15(3-2-4-16(11)18)17-8-12-5-13(9-17)7-14(6-12)10-17/h2-4,12-14,18H,5-10H2,1H3. The summed E-state index contributed by atoms with van der Waals surface area (Å²) >= 11 is 0. The van der Waals surface area contributed by atoms with Crippen LogP contribution in [0.2, 0.25) is 0 Å². The Morgan fingerprint density at radius 3 is 2.11 bits per heavy atom. The van der Waals surface area contributed by atoms with Crippen LogP contribution in [0.1, 0.15) is 49.7 Å². The zero-order chi connectivity index (χ0) is 12.3. The minimum atomic E-state index is 0.414. The molecule has 4 fully saturated rings. The highest BCUT2D eigenvalue weighted by molar-refractivity contribution is 5.43. The van der Waals surface area contributed by atoms with Gasteiger partial charge in [-0.1, -0.05) is 12.1 Å². The Hall–Kier alpha value is -0.980. The molecule has 0 heterocycles. The molecule has 18 heavy (non-hydrogen) atoms. The van der Waals surface area contributed by atoms with Crippen molar-refractivity contribution in [1.29, 1.82) is 0 Å². The lowest BCUT2D eigenvalue weighted by atomic mass is 9.47. The van der Waals surface area contributed by atoms with Crippen LogP contribution in [0.4, 0.5) is 0 Å². The first-order valence-corrected chi connectivity index (χ1v) is 7.45. The van der Waals surface area contributed by atoms with Gasteiger partial charge in [-0.2, -0.15) is 0 Å². The number of rotatable bonds is 1. The smallest absolute Gasteiger partial charge is 0.118 e. The van der Waals surface area contributed by atoms with E-state index in [-0.39, 0.29) is 0 Å². The maximum atomic E-state index is 10.0. The highest BCUT2D eigenvalue weighted by Gasteiger charge is 2.51. The van der Waals surface area contributed by atoms with Crippen LogP contribution in [-0.4, -0.2) is 5.11 Å². The molecule has 4 saturated carbocycles. The second-order valence-electron chi connectivity index (χ2n) is 7.15. The lowest BCUT2D eigenvalue weighted by Crippen LogP contribution is -2.48. The first kappa shape index (κ1) is 10.9. The molecule has 0 aromatic heterocycles. The van der Waals surface area contributed by atoms with Crippen LogP contribution in [0.25, 0.3) is 0 Å². The van der Waals surface area contributed by atoms with Gasteiger partial charge >= 0.3 is 0 Å². The molecule has 1 aromatic carbocycles. The third-order valence-corrected chi connectivity index (χ3v) is 5.91. The highest BCUT2D eigenvalue weighted by atomic mass is 16.3. The van der Waals surface area contributed by atoms with Crippen LogP contribution >= 0.6 is 0 Å². The third-order valence-electron chi connectivity index (χ3n) is 5.91. The maximum absolute atomic E-state index is 10.0. The Bertz CT molecular complexity index is 453. The van der Waals surface area contributed by atoms with Crippen molar-refractivity contribution in [2.45, 2.75) is 50.9 Å². The van der Waals surface area contributed by atoms with Crippen LogP contribution < -0.4 is 0 Å². The van der Waals surface area contributed by atoms with Crippen molar-refractivity contribution in [2.75, 3.05) is 0 Å². The number of phenols is 1. The van der Waals surface area contributed by atoms with E-state index in [4.69, 9.17) is 0 Å². The molecular formula is C17H22O. The number of aromatic hydroxyl groups is 1. The van der Waals surface area contributed by atoms with E-state index >= 15 is 0 Å². The topological polar surface area (TPSA) is 20.2 Å². The predicted molar refractivity (Wildman–Crippen MR) is 72.7 cm³/mol. The lowest BCUT2D eigenvalue weighted by Gasteiger charge is -2.57. The molecule has 5 rings (SSSR count). The quantitative estimate of drug-likeness (QED) is 0.783. The Morgan fingerprint density at radius 1 is 1.00 bits per heavy atom. The van der Waals surface area contributed by atoms with E-state index in [1.807, 2.05) is 12.1 Å². The van der Waals surface area contributed by atoms with E-state index in [0.717, 1.165) is 23.3 Å². The average Bonchev–Trinajstić information content (AvgIpc) is 2.30. The summed E-state index contributed by atoms with van der Waals surface area (Å²) in [4.78, 5) is 0. The summed E-state index contributed by atoms with van der Waals surface area (Å²) in [6, 6.07) is 6.15. The molecular weight excluding hydrogens is 220 g/mol. The molecule has 0 atom stereocenters. The molecule has 1 nitrogen and oxygen atoms in total. The Morgan fingerprint density at radius 2 is 1.56 bits per heavy atom. The lowest BCUT2D eigenvalue weighted by molar-refractivity contribution is -0.00555. The SMILES string of the molecule is Cc1c(O)cccc1C12CC3CC(CC(C3)C1)C2. The van der Waals surface area contributed by atoms with Crippen molar-refractivity contribution in [2.24, 2.45) is 17.8 Å². The second-order valence-corrected chi connectivity index (χ2v) is 7.15. The van der Waals surface area contributed by atoms with Gasteiger partial charge in [0.2, 0.25) is 0 Å². The fourth-order valence-electron chi connectivity index (χ4n) is 5.64. The van der Waals surface area contributed by atoms with Crippen molar-refractivity contribution in [3.8, 4) is 5.75 Å². The molecule has 4 aliphatic carbocycles. The molecule has 1 heteroatoms. The summed E-state index contributed by atoms with van der Waals surface area (Å²) in [7, 11) is 0. The average molecular weight is 242 g/mol. The van der Waals surface area contributed by atoms with E-state index in [1.165, 1.54) is 44.1 Å². The fourth-order valence-corrected chi connectivity index (χ4v) is 5.64. The van der Waals surface area contributed by atoms with Gasteiger partial charge in [0.15, 0.2) is 0 Å². The second kappa shape index (κ2) is 3.53. The highest BCUT2D eigenvalue weighted by Crippen LogP contribution is 2.61. The van der Waals surface area contributed by atoms with E-state index < -0.39 is 0 Å². The van der Waals surface area contributed by atoms with Crippen LogP contribution in [0.3, 0.4) is 0 Å². The molecule has 4 bridgehead atoms. The summed E-state index contributed by atoms with van der Waals surface area (Å²) < 4.78 is 0. The van der Waals surface area contributed by atoms with Crippen molar-refractivity contribution >= 4 is 0 Å². The minimum absolute atomic E-state index is 0.414. The molecule has 1 N–H and O–H groups in total. The van der Waals surface area contributed by atoms with Crippen molar-refractivity contribution in [3.05, 3.63) is 29.3 Å². The van der Waals surface area contributed by atoms with Gasteiger partial charge in [0, 0.05) is 0 Å². The van der Waals surface area contributed by atoms with Gasteiger partial charge in [0.25, 0.3) is 0 Å². The molecule has 0 aliphatic heterocycles. The minimum Gasteiger partial charge on any atom is -0.508 e. The Kier molecular flexibility index (Phi) is 2.13. The van der Waals surface area contributed by atoms with E-state index in [1.54, 1.807) is 0 Å². The van der Waals surface area contributed by atoms with E-state index in [9.17, 15) is 5.11 Å². The first-order chi connectivity index (χ1) is 8.66. The molecule has 0 spiro atoms. The van der Waals surface area contributed by atoms with Gasteiger partial charge in [-0.05, 0) is 85.8 Å². The number of benzene rings is 1. The van der Waals surface area contributed by atoms with Crippen LogP contribution in [0, 0.1) is 24.7 Å². The van der Waals surface area contributed by atoms with Crippen LogP contribution in [0.5, 0.6) is 5.75 Å². The van der Waals surface area contributed by atoms with Crippen molar-refractivity contribution < 1.29 is 5.11 Å². The third kappa shape index (κ3) is 1.39. The van der Waals surface area contributed by atoms with Gasteiger partial charge in [0.05, 0.1) is 0 Å². The Balaban J connectivity index is 1.81. The number of phenolic OH excluding ortho intramolecular Hbond substituents is 1. The molecule has 4 aliphatic rings. The summed E-state index contributed by atoms with van der Waals surface area (Å²) in [5, 5.41) is 10.0. The van der Waals surface area contributed by atoms with Crippen molar-refractivity contribution in [1.82, 2.24) is 0 Å². The predicted octanol–water partition coefficient (Wildman–Crippen LogP) is 4.17. The molecule has 1 aromatic rings. The zero-order valence-electron chi connectivity index (χ0n) is 11.2. The molecule has 0 saturated heterocycles. The van der Waals surface area contributed by atoms with Crippen LogP contribution in [-0.2, 0) is 5.41 Å². The summed E-state index contributed by atoms with van der Waals surface area (Å²) in [6.07, 6.45) is 8.58. The summed E-state index contributed by atoms with van der Waals surface area (Å²) in [5.41, 5.74) is 3.01. The Labute approximate surface area is 109 Å². The fraction of sp³-hybridized carbons (Fsp3) is 0.647. The van der Waals surface area contributed by atoms with Crippen LogP contribution in [0.15, 0.2) is 18.2 Å². The number of hydrogen-bond donors (Lipinski definition) is 1. The summed E-state index contributed by atoms with van der Waals surface area (Å²) in [6.45, 7) is 2.10. The van der Waals surface area contributed by atoms with Gasteiger partial charge in [-0.25, -0.2) is 0 Å². The first-order valence-electron chi connectivity index (χ1n) is 7.45. The van der Waals surface area contributed by atoms with Gasteiger partial charge in [-0.15, -0.1) is 0 Å². The normalized spacial score (nSPS) is 41.3. The monoisotopic (exact) mass is 242 g/mol. The van der Waals surface area contributed by atoms with Gasteiger partial charge in [0.1, 0.15) is 5.75 Å². The molecule has 0 radical (unpaired) electrons. The molecule has 0 amide bonds. The van der Waals surface area contributed by atoms with E-state index in [0.29, 0.717) is 11.2 Å². The van der Waals surface area contributed by atoms with Crippen molar-refractivity contribution in [3.63, 3.8) is 0 Å². The number of hydrogen-bond acceptors (Lipinski definition) is 1. The molecule has 0 unspecified atom stereocenters. The summed E-state index contributed by atoms with van der Waals surface area (Å²) in [5.74, 6) is 3.40. The van der Waals surface area contributed by atoms with E-state index in [2.05, 4.69) is 13.0 Å². The zero-order valence-corrected chi connectivity index (χ0v) is 11.2.